The molecule has 0 saturated carbocycles. The predicted molar refractivity (Wildman–Crippen MR) is 112 cm³/mol. The van der Waals surface area contributed by atoms with E-state index >= 15 is 0 Å². The minimum absolute atomic E-state index is 0.0197. The van der Waals surface area contributed by atoms with E-state index in [-0.39, 0.29) is 24.0 Å². The molecule has 154 valence electrons. The number of nitrogens with zero attached hydrogens (tertiary/aromatic N) is 2. The molecule has 0 bridgehead atoms. The summed E-state index contributed by atoms with van der Waals surface area (Å²) in [5.41, 5.74) is 2.42. The van der Waals surface area contributed by atoms with Crippen LogP contribution in [-0.4, -0.2) is 40.5 Å². The topological polar surface area (TPSA) is 63.6 Å². The van der Waals surface area contributed by atoms with Crippen molar-refractivity contribution in [3.8, 4) is 0 Å². The first-order chi connectivity index (χ1) is 14.1. The molecule has 2 amide bonds. The molecule has 0 unspecified atom stereocenters. The van der Waals surface area contributed by atoms with E-state index in [9.17, 15) is 9.59 Å². The highest BCUT2D eigenvalue weighted by molar-refractivity contribution is 5.98. The summed E-state index contributed by atoms with van der Waals surface area (Å²) in [5.74, 6) is -0.116. The maximum Gasteiger partial charge on any atom is 0.254 e. The third-order valence-corrected chi connectivity index (χ3v) is 5.94. The van der Waals surface area contributed by atoms with E-state index < -0.39 is 0 Å². The van der Waals surface area contributed by atoms with Crippen molar-refractivity contribution >= 4 is 17.5 Å². The fraction of sp³-hybridized carbons (Fsp3) is 0.478. The van der Waals surface area contributed by atoms with Crippen LogP contribution in [-0.2, 0) is 16.6 Å². The number of hydrogen-bond acceptors (Lipinski definition) is 3. The zero-order chi connectivity index (χ0) is 20.2. The average molecular weight is 396 g/mol. The molecular weight excluding hydrogens is 366 g/mol. The van der Waals surface area contributed by atoms with E-state index in [0.717, 1.165) is 45.1 Å². The molecule has 1 aromatic heterocycles. The van der Waals surface area contributed by atoms with Crippen LogP contribution in [0.25, 0.3) is 0 Å². The minimum Gasteiger partial charge on any atom is -0.368 e. The zero-order valence-electron chi connectivity index (χ0n) is 17.0. The lowest BCUT2D eigenvalue weighted by molar-refractivity contribution is -0.124. The number of aryl methyl sites for hydroxylation is 1. The summed E-state index contributed by atoms with van der Waals surface area (Å²) in [6.07, 6.45) is 7.55. The molecule has 2 aliphatic heterocycles. The van der Waals surface area contributed by atoms with Gasteiger partial charge in [-0.05, 0) is 56.0 Å². The molecule has 4 rings (SSSR count). The molecule has 0 aliphatic carbocycles. The second-order valence-electron chi connectivity index (χ2n) is 7.98. The molecule has 1 aromatic carbocycles. The van der Waals surface area contributed by atoms with Gasteiger partial charge in [0, 0.05) is 43.3 Å². The van der Waals surface area contributed by atoms with Crippen LogP contribution in [0.2, 0.25) is 0 Å². The molecule has 0 spiro atoms. The lowest BCUT2D eigenvalue weighted by atomic mass is 10.0. The fourth-order valence-electron chi connectivity index (χ4n) is 4.38. The summed E-state index contributed by atoms with van der Waals surface area (Å²) in [7, 11) is 2.03. The Kier molecular flexibility index (Phi) is 6.00. The van der Waals surface area contributed by atoms with Gasteiger partial charge in [-0.2, -0.15) is 0 Å². The standard InChI is InChI=1S/C23H29N3O3/c1-25-13-6-11-19(25)20-10-3-2-4-14-26(20)23(28)17-8-5-9-18(16-17)24-22(27)21-12-7-15-29-21/h5-6,8-9,11,13,16,20-21H,2-4,7,10,12,14-15H2,1H3,(H,24,27)/t20-,21-/m0/s1. The molecule has 0 radical (unpaired) electrons. The number of aromatic nitrogens is 1. The molecule has 29 heavy (non-hydrogen) atoms. The summed E-state index contributed by atoms with van der Waals surface area (Å²) in [6, 6.07) is 11.5. The van der Waals surface area contributed by atoms with Crippen molar-refractivity contribution < 1.29 is 14.3 Å². The van der Waals surface area contributed by atoms with Crippen LogP contribution in [0.4, 0.5) is 5.69 Å². The van der Waals surface area contributed by atoms with Gasteiger partial charge in [0.1, 0.15) is 6.10 Å². The van der Waals surface area contributed by atoms with Crippen molar-refractivity contribution in [2.75, 3.05) is 18.5 Å². The molecule has 2 fully saturated rings. The number of likely N-dealkylation sites (tertiary alicyclic amines) is 1. The normalized spacial score (nSPS) is 22.3. The summed E-state index contributed by atoms with van der Waals surface area (Å²) in [4.78, 5) is 27.8. The molecule has 6 nitrogen and oxygen atoms in total. The predicted octanol–water partition coefficient (Wildman–Crippen LogP) is 3.90. The Hall–Kier alpha value is -2.60. The fourth-order valence-corrected chi connectivity index (χ4v) is 4.38. The van der Waals surface area contributed by atoms with E-state index in [1.165, 1.54) is 5.69 Å². The monoisotopic (exact) mass is 395 g/mol. The zero-order valence-corrected chi connectivity index (χ0v) is 17.0. The average Bonchev–Trinajstić information content (AvgIpc) is 3.35. The largest absolute Gasteiger partial charge is 0.368 e. The van der Waals surface area contributed by atoms with Crippen LogP contribution in [0.15, 0.2) is 42.6 Å². The third-order valence-electron chi connectivity index (χ3n) is 5.94. The Bertz CT molecular complexity index is 870. The van der Waals surface area contributed by atoms with Gasteiger partial charge >= 0.3 is 0 Å². The summed E-state index contributed by atoms with van der Waals surface area (Å²) in [5, 5.41) is 2.90. The Balaban J connectivity index is 1.54. The van der Waals surface area contributed by atoms with Crippen LogP contribution in [0.3, 0.4) is 0 Å². The van der Waals surface area contributed by atoms with E-state index in [2.05, 4.69) is 16.0 Å². The van der Waals surface area contributed by atoms with Gasteiger partial charge < -0.3 is 19.5 Å². The Morgan fingerprint density at radius 3 is 2.72 bits per heavy atom. The summed E-state index contributed by atoms with van der Waals surface area (Å²) < 4.78 is 7.56. The number of carbonyl (C=O) groups excluding carboxylic acids is 2. The van der Waals surface area contributed by atoms with E-state index in [1.54, 1.807) is 6.07 Å². The number of anilines is 1. The van der Waals surface area contributed by atoms with Gasteiger partial charge in [-0.15, -0.1) is 0 Å². The molecule has 3 heterocycles. The number of nitrogens with one attached hydrogen (secondary N) is 1. The first-order valence-electron chi connectivity index (χ1n) is 10.6. The van der Waals surface area contributed by atoms with Crippen LogP contribution >= 0.6 is 0 Å². The number of amides is 2. The number of benzene rings is 1. The maximum atomic E-state index is 13.4. The van der Waals surface area contributed by atoms with Crippen molar-refractivity contribution in [1.82, 2.24) is 9.47 Å². The van der Waals surface area contributed by atoms with Crippen molar-refractivity contribution in [3.63, 3.8) is 0 Å². The molecular formula is C23H29N3O3. The smallest absolute Gasteiger partial charge is 0.254 e. The Morgan fingerprint density at radius 2 is 1.97 bits per heavy atom. The van der Waals surface area contributed by atoms with Gasteiger partial charge in [0.05, 0.1) is 6.04 Å². The second kappa shape index (κ2) is 8.82. The van der Waals surface area contributed by atoms with Crippen LogP contribution < -0.4 is 5.32 Å². The minimum atomic E-state index is -0.387. The van der Waals surface area contributed by atoms with Crippen LogP contribution in [0, 0.1) is 0 Å². The van der Waals surface area contributed by atoms with Gasteiger partial charge in [0.15, 0.2) is 0 Å². The SMILES string of the molecule is Cn1cccc1[C@@H]1CCCCCN1C(=O)c1cccc(NC(=O)[C@@H]2CCCO2)c1. The molecule has 2 aliphatic rings. The lowest BCUT2D eigenvalue weighted by Gasteiger charge is -2.31. The van der Waals surface area contributed by atoms with Gasteiger partial charge in [0.2, 0.25) is 0 Å². The molecule has 2 atom stereocenters. The van der Waals surface area contributed by atoms with Crippen molar-refractivity contribution in [1.29, 1.82) is 0 Å². The van der Waals surface area contributed by atoms with Gasteiger partial charge in [-0.25, -0.2) is 0 Å². The van der Waals surface area contributed by atoms with E-state index in [0.29, 0.717) is 17.9 Å². The number of rotatable bonds is 4. The third kappa shape index (κ3) is 4.37. The molecule has 2 aromatic rings. The highest BCUT2D eigenvalue weighted by Crippen LogP contribution is 2.31. The van der Waals surface area contributed by atoms with Gasteiger partial charge in [0.25, 0.3) is 11.8 Å². The lowest BCUT2D eigenvalue weighted by Crippen LogP contribution is -2.35. The first-order valence-corrected chi connectivity index (χ1v) is 10.6. The van der Waals surface area contributed by atoms with Crippen molar-refractivity contribution in [3.05, 3.63) is 53.9 Å². The van der Waals surface area contributed by atoms with Crippen molar-refractivity contribution in [2.24, 2.45) is 7.05 Å². The number of ether oxygens (including phenoxy) is 1. The van der Waals surface area contributed by atoms with Gasteiger partial charge in [-0.1, -0.05) is 18.9 Å². The molecule has 6 heteroatoms. The first kappa shape index (κ1) is 19.7. The summed E-state index contributed by atoms with van der Waals surface area (Å²) in [6.45, 7) is 1.38. The molecule has 1 N–H and O–H groups in total. The van der Waals surface area contributed by atoms with Crippen LogP contribution in [0.5, 0.6) is 0 Å². The molecule has 2 saturated heterocycles. The highest BCUT2D eigenvalue weighted by Gasteiger charge is 2.29. The quantitative estimate of drug-likeness (QED) is 0.854. The van der Waals surface area contributed by atoms with Crippen molar-refractivity contribution in [2.45, 2.75) is 50.7 Å². The highest BCUT2D eigenvalue weighted by atomic mass is 16.5. The van der Waals surface area contributed by atoms with E-state index in [1.807, 2.05) is 42.4 Å². The number of carbonyl (C=O) groups is 2. The Morgan fingerprint density at radius 1 is 1.07 bits per heavy atom. The number of hydrogen-bond donors (Lipinski definition) is 1. The Labute approximate surface area is 171 Å². The summed E-state index contributed by atoms with van der Waals surface area (Å²) >= 11 is 0. The maximum absolute atomic E-state index is 13.4. The second-order valence-corrected chi connectivity index (χ2v) is 7.98. The van der Waals surface area contributed by atoms with Crippen LogP contribution in [0.1, 0.15) is 60.6 Å². The van der Waals surface area contributed by atoms with E-state index in [4.69, 9.17) is 4.74 Å². The van der Waals surface area contributed by atoms with Gasteiger partial charge in [-0.3, -0.25) is 9.59 Å².